The van der Waals surface area contributed by atoms with Gasteiger partial charge in [-0.15, -0.1) is 0 Å². The van der Waals surface area contributed by atoms with Gasteiger partial charge in [-0.2, -0.15) is 0 Å². The first kappa shape index (κ1) is 14.7. The van der Waals surface area contributed by atoms with Crippen molar-refractivity contribution >= 4 is 0 Å². The molecule has 0 bridgehead atoms. The lowest BCUT2D eigenvalue weighted by Crippen LogP contribution is -2.40. The molecule has 0 amide bonds. The summed E-state index contributed by atoms with van der Waals surface area (Å²) in [5.41, 5.74) is 0.00102. The molecule has 0 aliphatic rings. The number of hydrogen-bond donors (Lipinski definition) is 2. The summed E-state index contributed by atoms with van der Waals surface area (Å²) in [7, 11) is 3.09. The van der Waals surface area contributed by atoms with Crippen molar-refractivity contribution in [1.82, 2.24) is 14.5 Å². The highest BCUT2D eigenvalue weighted by Gasteiger charge is 2.09. The quantitative estimate of drug-likeness (QED) is 0.732. The van der Waals surface area contributed by atoms with Crippen LogP contribution in [-0.2, 0) is 20.6 Å². The third kappa shape index (κ3) is 3.54. The first-order valence-electron chi connectivity index (χ1n) is 6.00. The molecular formula is C12H21N3O3. The second-order valence-electron chi connectivity index (χ2n) is 4.74. The third-order valence-corrected chi connectivity index (χ3v) is 2.95. The molecule has 1 aromatic heterocycles. The normalized spacial score (nSPS) is 14.5. The van der Waals surface area contributed by atoms with Crippen LogP contribution in [0.5, 0.6) is 0 Å². The van der Waals surface area contributed by atoms with E-state index in [0.29, 0.717) is 18.7 Å². The van der Waals surface area contributed by atoms with Crippen molar-refractivity contribution in [3.05, 3.63) is 32.6 Å². The van der Waals surface area contributed by atoms with Crippen LogP contribution >= 0.6 is 0 Å². The number of aromatic nitrogens is 2. The molecular weight excluding hydrogens is 234 g/mol. The topological polar surface area (TPSA) is 76.3 Å². The van der Waals surface area contributed by atoms with E-state index in [9.17, 15) is 14.7 Å². The van der Waals surface area contributed by atoms with E-state index in [2.05, 4.69) is 5.32 Å². The van der Waals surface area contributed by atoms with Gasteiger partial charge in [0.15, 0.2) is 0 Å². The molecule has 0 radical (unpaired) electrons. The fourth-order valence-electron chi connectivity index (χ4n) is 1.82. The van der Waals surface area contributed by atoms with E-state index < -0.39 is 0 Å². The molecule has 2 N–H and O–H groups in total. The number of aliphatic hydroxyl groups excluding tert-OH is 1. The second kappa shape index (κ2) is 5.97. The average molecular weight is 255 g/mol. The van der Waals surface area contributed by atoms with Crippen LogP contribution < -0.4 is 16.6 Å². The lowest BCUT2D eigenvalue weighted by molar-refractivity contribution is 0.170. The van der Waals surface area contributed by atoms with Crippen LogP contribution in [-0.4, -0.2) is 26.4 Å². The summed E-state index contributed by atoms with van der Waals surface area (Å²) < 4.78 is 2.52. The van der Waals surface area contributed by atoms with Crippen molar-refractivity contribution < 1.29 is 5.11 Å². The first-order valence-corrected chi connectivity index (χ1v) is 6.00. The van der Waals surface area contributed by atoms with Crippen LogP contribution in [0.2, 0.25) is 0 Å². The summed E-state index contributed by atoms with van der Waals surface area (Å²) in [6, 6.07) is 1.56. The summed E-state index contributed by atoms with van der Waals surface area (Å²) >= 11 is 0. The predicted molar refractivity (Wildman–Crippen MR) is 69.5 cm³/mol. The highest BCUT2D eigenvalue weighted by Crippen LogP contribution is 1.98. The second-order valence-corrected chi connectivity index (χ2v) is 4.74. The summed E-state index contributed by atoms with van der Waals surface area (Å²) in [6.07, 6.45) is 0.249. The molecule has 0 fully saturated rings. The molecule has 0 saturated heterocycles. The van der Waals surface area contributed by atoms with E-state index in [-0.39, 0.29) is 23.4 Å². The van der Waals surface area contributed by atoms with E-state index in [1.165, 1.54) is 17.7 Å². The first-order chi connectivity index (χ1) is 8.32. The highest BCUT2D eigenvalue weighted by molar-refractivity contribution is 5.02. The Hall–Kier alpha value is -1.40. The molecule has 0 aliphatic carbocycles. The Kier molecular flexibility index (Phi) is 4.86. The molecule has 0 aromatic carbocycles. The Morgan fingerprint density at radius 1 is 1.28 bits per heavy atom. The maximum absolute atomic E-state index is 11.7. The van der Waals surface area contributed by atoms with E-state index in [4.69, 9.17) is 0 Å². The van der Waals surface area contributed by atoms with Crippen LogP contribution in [0, 0.1) is 0 Å². The van der Waals surface area contributed by atoms with E-state index in [0.717, 1.165) is 4.57 Å². The van der Waals surface area contributed by atoms with Crippen molar-refractivity contribution in [2.75, 3.05) is 0 Å². The lowest BCUT2D eigenvalue weighted by atomic mass is 10.1. The number of nitrogens with zero attached hydrogens (tertiary/aromatic N) is 2. The minimum Gasteiger partial charge on any atom is -0.393 e. The van der Waals surface area contributed by atoms with Crippen molar-refractivity contribution in [3.63, 3.8) is 0 Å². The zero-order chi connectivity index (χ0) is 13.9. The van der Waals surface area contributed by atoms with E-state index >= 15 is 0 Å². The zero-order valence-corrected chi connectivity index (χ0v) is 11.3. The van der Waals surface area contributed by atoms with Gasteiger partial charge in [0.2, 0.25) is 0 Å². The van der Waals surface area contributed by atoms with Gasteiger partial charge in [-0.3, -0.25) is 13.9 Å². The molecule has 0 saturated carbocycles. The van der Waals surface area contributed by atoms with Crippen molar-refractivity contribution in [1.29, 1.82) is 0 Å². The third-order valence-electron chi connectivity index (χ3n) is 2.95. The predicted octanol–water partition coefficient (Wildman–Crippen LogP) is -0.667. The molecule has 1 aromatic rings. The SMILES string of the molecule is CC(O)CC(C)NCc1cc(=O)n(C)c(=O)n1C. The Balaban J connectivity index is 2.81. The van der Waals surface area contributed by atoms with Gasteiger partial charge in [-0.05, 0) is 20.3 Å². The van der Waals surface area contributed by atoms with Crippen LogP contribution in [0.1, 0.15) is 26.0 Å². The minimum atomic E-state index is -0.375. The molecule has 6 nitrogen and oxygen atoms in total. The van der Waals surface area contributed by atoms with Crippen molar-refractivity contribution in [2.45, 2.75) is 39.0 Å². The molecule has 6 heteroatoms. The molecule has 18 heavy (non-hydrogen) atoms. The fourth-order valence-corrected chi connectivity index (χ4v) is 1.82. The smallest absolute Gasteiger partial charge is 0.330 e. The minimum absolute atomic E-state index is 0.115. The summed E-state index contributed by atoms with van der Waals surface area (Å²) in [4.78, 5) is 23.2. The lowest BCUT2D eigenvalue weighted by Gasteiger charge is -2.16. The van der Waals surface area contributed by atoms with E-state index in [1.807, 2.05) is 6.92 Å². The molecule has 0 aliphatic heterocycles. The van der Waals surface area contributed by atoms with Gasteiger partial charge >= 0.3 is 5.69 Å². The fraction of sp³-hybridized carbons (Fsp3) is 0.667. The van der Waals surface area contributed by atoms with Crippen LogP contribution in [0.3, 0.4) is 0 Å². The zero-order valence-electron chi connectivity index (χ0n) is 11.3. The standard InChI is InChI=1S/C12H21N3O3/c1-8(5-9(2)16)13-7-10-6-11(17)15(4)12(18)14(10)3/h6,8-9,13,16H,5,7H2,1-4H3. The molecule has 2 unspecified atom stereocenters. The molecule has 0 spiro atoms. The Bertz CT molecular complexity index is 516. The molecule has 102 valence electrons. The Labute approximate surface area is 106 Å². The molecule has 2 atom stereocenters. The van der Waals surface area contributed by atoms with Crippen molar-refractivity contribution in [2.24, 2.45) is 14.1 Å². The number of hydrogen-bond acceptors (Lipinski definition) is 4. The Morgan fingerprint density at radius 2 is 1.89 bits per heavy atom. The van der Waals surface area contributed by atoms with Gasteiger partial charge in [-0.1, -0.05) is 0 Å². The largest absolute Gasteiger partial charge is 0.393 e. The van der Waals surface area contributed by atoms with Crippen LogP contribution in [0.25, 0.3) is 0 Å². The maximum Gasteiger partial charge on any atom is 0.330 e. The monoisotopic (exact) mass is 255 g/mol. The number of aliphatic hydroxyl groups is 1. The van der Waals surface area contributed by atoms with Crippen molar-refractivity contribution in [3.8, 4) is 0 Å². The maximum atomic E-state index is 11.7. The number of nitrogens with one attached hydrogen (secondary N) is 1. The summed E-state index contributed by atoms with van der Waals surface area (Å²) in [6.45, 7) is 4.10. The van der Waals surface area contributed by atoms with Gasteiger partial charge in [0, 0.05) is 38.4 Å². The van der Waals surface area contributed by atoms with Gasteiger partial charge in [-0.25, -0.2) is 4.79 Å². The Morgan fingerprint density at radius 3 is 2.44 bits per heavy atom. The average Bonchev–Trinajstić information content (AvgIpc) is 2.28. The van der Waals surface area contributed by atoms with Gasteiger partial charge < -0.3 is 10.4 Å². The van der Waals surface area contributed by atoms with Gasteiger partial charge in [0.05, 0.1) is 6.10 Å². The number of rotatable bonds is 5. The van der Waals surface area contributed by atoms with Gasteiger partial charge in [0.1, 0.15) is 0 Å². The van der Waals surface area contributed by atoms with Crippen LogP contribution in [0.4, 0.5) is 0 Å². The summed E-state index contributed by atoms with van der Waals surface area (Å²) in [5, 5.41) is 12.4. The van der Waals surface area contributed by atoms with E-state index in [1.54, 1.807) is 14.0 Å². The van der Waals surface area contributed by atoms with Crippen LogP contribution in [0.15, 0.2) is 15.7 Å². The summed E-state index contributed by atoms with van der Waals surface area (Å²) in [5.74, 6) is 0. The van der Waals surface area contributed by atoms with Gasteiger partial charge in [0.25, 0.3) is 5.56 Å². The highest BCUT2D eigenvalue weighted by atomic mass is 16.3. The molecule has 1 rings (SSSR count). The molecule has 1 heterocycles.